The van der Waals surface area contributed by atoms with Crippen LogP contribution in [0.4, 0.5) is 0 Å². The Bertz CT molecular complexity index is 670. The van der Waals surface area contributed by atoms with E-state index < -0.39 is 16.1 Å². The summed E-state index contributed by atoms with van der Waals surface area (Å²) in [5.74, 6) is -0.0402. The highest BCUT2D eigenvalue weighted by atomic mass is 32.2. The first kappa shape index (κ1) is 17.4. The van der Waals surface area contributed by atoms with E-state index in [9.17, 15) is 13.2 Å². The fraction of sp³-hybridized carbons (Fsp3) is 0.588. The van der Waals surface area contributed by atoms with Crippen molar-refractivity contribution in [2.24, 2.45) is 0 Å². The second-order valence-electron chi connectivity index (χ2n) is 6.48. The van der Waals surface area contributed by atoms with Gasteiger partial charge in [0.25, 0.3) is 0 Å². The van der Waals surface area contributed by atoms with E-state index in [1.165, 1.54) is 4.31 Å². The molecule has 1 amide bonds. The smallest absolute Gasteiger partial charge is 0.243 e. The Labute approximate surface area is 143 Å². The van der Waals surface area contributed by atoms with Gasteiger partial charge in [-0.15, -0.1) is 0 Å². The lowest BCUT2D eigenvalue weighted by Crippen LogP contribution is -2.51. The molecule has 6 nitrogen and oxygen atoms in total. The van der Waals surface area contributed by atoms with Crippen LogP contribution in [0.1, 0.15) is 25.7 Å². The van der Waals surface area contributed by atoms with E-state index in [0.29, 0.717) is 32.1 Å². The average Bonchev–Trinajstić information content (AvgIpc) is 3.12. The van der Waals surface area contributed by atoms with Crippen LogP contribution in [-0.4, -0.2) is 62.3 Å². The van der Waals surface area contributed by atoms with Crippen molar-refractivity contribution in [1.29, 1.82) is 0 Å². The van der Waals surface area contributed by atoms with Crippen molar-refractivity contribution >= 4 is 15.9 Å². The van der Waals surface area contributed by atoms with Crippen molar-refractivity contribution in [3.8, 4) is 0 Å². The van der Waals surface area contributed by atoms with Gasteiger partial charge in [-0.3, -0.25) is 4.79 Å². The number of sulfonamides is 1. The number of hydrogen-bond acceptors (Lipinski definition) is 4. The highest BCUT2D eigenvalue weighted by Gasteiger charge is 2.41. The van der Waals surface area contributed by atoms with E-state index in [4.69, 9.17) is 0 Å². The van der Waals surface area contributed by atoms with E-state index >= 15 is 0 Å². The van der Waals surface area contributed by atoms with Crippen molar-refractivity contribution in [3.05, 3.63) is 30.3 Å². The molecular formula is C17H25N3O3S. The van der Waals surface area contributed by atoms with Gasteiger partial charge >= 0.3 is 0 Å². The van der Waals surface area contributed by atoms with E-state index in [-0.39, 0.29) is 10.8 Å². The lowest BCUT2D eigenvalue weighted by molar-refractivity contribution is -0.135. The van der Waals surface area contributed by atoms with Crippen LogP contribution in [-0.2, 0) is 14.8 Å². The zero-order chi connectivity index (χ0) is 17.2. The summed E-state index contributed by atoms with van der Waals surface area (Å²) in [6, 6.07) is 8.28. The Morgan fingerprint density at radius 2 is 1.75 bits per heavy atom. The van der Waals surface area contributed by atoms with Crippen LogP contribution < -0.4 is 5.32 Å². The summed E-state index contributed by atoms with van der Waals surface area (Å²) < 4.78 is 27.1. The number of piperidine rings is 1. The molecule has 1 unspecified atom stereocenters. The van der Waals surface area contributed by atoms with Gasteiger partial charge in [0, 0.05) is 25.7 Å². The molecule has 24 heavy (non-hydrogen) atoms. The van der Waals surface area contributed by atoms with Gasteiger partial charge in [-0.1, -0.05) is 18.2 Å². The number of likely N-dealkylation sites (tertiary alicyclic amines) is 1. The fourth-order valence-corrected chi connectivity index (χ4v) is 5.27. The second kappa shape index (κ2) is 7.21. The number of hydrogen-bond donors (Lipinski definition) is 1. The first-order valence-electron chi connectivity index (χ1n) is 8.57. The first-order valence-corrected chi connectivity index (χ1v) is 10.0. The second-order valence-corrected chi connectivity index (χ2v) is 8.37. The van der Waals surface area contributed by atoms with E-state index in [0.717, 1.165) is 19.3 Å². The third-order valence-corrected chi connectivity index (χ3v) is 6.98. The Balaban J connectivity index is 1.75. The quantitative estimate of drug-likeness (QED) is 0.880. The van der Waals surface area contributed by atoms with Gasteiger partial charge in [-0.2, -0.15) is 4.31 Å². The number of carbonyl (C=O) groups excluding carboxylic acids is 1. The molecule has 7 heteroatoms. The molecule has 132 valence electrons. The number of nitrogens with zero attached hydrogens (tertiary/aromatic N) is 2. The molecule has 2 aliphatic rings. The topological polar surface area (TPSA) is 69.7 Å². The lowest BCUT2D eigenvalue weighted by atomic mass is 10.0. The fourth-order valence-electron chi connectivity index (χ4n) is 3.60. The molecule has 1 N–H and O–H groups in total. The molecule has 2 aliphatic heterocycles. The van der Waals surface area contributed by atoms with Gasteiger partial charge in [0.05, 0.1) is 4.90 Å². The van der Waals surface area contributed by atoms with Crippen LogP contribution in [0.2, 0.25) is 0 Å². The van der Waals surface area contributed by atoms with Crippen molar-refractivity contribution in [1.82, 2.24) is 14.5 Å². The largest absolute Gasteiger partial charge is 0.341 e. The van der Waals surface area contributed by atoms with Crippen LogP contribution in [0, 0.1) is 0 Å². The number of nitrogens with one attached hydrogen (secondary N) is 1. The lowest BCUT2D eigenvalue weighted by Gasteiger charge is -2.35. The predicted molar refractivity (Wildman–Crippen MR) is 92.0 cm³/mol. The molecular weight excluding hydrogens is 326 g/mol. The minimum Gasteiger partial charge on any atom is -0.341 e. The predicted octanol–water partition coefficient (Wildman–Crippen LogP) is 1.05. The van der Waals surface area contributed by atoms with Gasteiger partial charge in [0.1, 0.15) is 6.04 Å². The normalized spacial score (nSPS) is 23.5. The Hall–Kier alpha value is -1.44. The first-order chi connectivity index (χ1) is 11.5. The van der Waals surface area contributed by atoms with Crippen LogP contribution in [0.5, 0.6) is 0 Å². The molecule has 1 aromatic carbocycles. The summed E-state index contributed by atoms with van der Waals surface area (Å²) in [6.45, 7) is 1.81. The minimum absolute atomic E-state index is 0.0402. The van der Waals surface area contributed by atoms with Gasteiger partial charge in [0.2, 0.25) is 15.9 Å². The van der Waals surface area contributed by atoms with Crippen LogP contribution >= 0.6 is 0 Å². The maximum Gasteiger partial charge on any atom is 0.243 e. The summed E-state index contributed by atoms with van der Waals surface area (Å²) in [5.41, 5.74) is 0. The third-order valence-electron chi connectivity index (χ3n) is 5.05. The molecule has 3 rings (SSSR count). The van der Waals surface area contributed by atoms with Gasteiger partial charge in [-0.05, 0) is 44.9 Å². The number of carbonyl (C=O) groups is 1. The maximum absolute atomic E-state index is 12.9. The summed E-state index contributed by atoms with van der Waals surface area (Å²) >= 11 is 0. The highest BCUT2D eigenvalue weighted by molar-refractivity contribution is 7.89. The van der Waals surface area contributed by atoms with Crippen molar-refractivity contribution in [3.63, 3.8) is 0 Å². The Kier molecular flexibility index (Phi) is 5.22. The SMILES string of the molecule is CNC1CCN(C(=O)C2CCCN2S(=O)(=O)c2ccccc2)CC1. The molecule has 0 spiro atoms. The van der Waals surface area contributed by atoms with Crippen LogP contribution in [0.15, 0.2) is 35.2 Å². The molecule has 2 heterocycles. The Morgan fingerprint density at radius 3 is 2.38 bits per heavy atom. The molecule has 2 saturated heterocycles. The zero-order valence-corrected chi connectivity index (χ0v) is 14.8. The molecule has 2 fully saturated rings. The molecule has 0 aliphatic carbocycles. The summed E-state index contributed by atoms with van der Waals surface area (Å²) in [6.07, 6.45) is 3.17. The van der Waals surface area contributed by atoms with Crippen molar-refractivity contribution in [2.75, 3.05) is 26.7 Å². The van der Waals surface area contributed by atoms with Gasteiger partial charge in [0.15, 0.2) is 0 Å². The molecule has 1 atom stereocenters. The zero-order valence-electron chi connectivity index (χ0n) is 14.0. The van der Waals surface area contributed by atoms with E-state index in [1.807, 2.05) is 11.9 Å². The standard InChI is InChI=1S/C17H25N3O3S/c1-18-14-9-12-19(13-10-14)17(21)16-8-5-11-20(16)24(22,23)15-6-3-2-4-7-15/h2-4,6-7,14,16,18H,5,8-13H2,1H3. The average molecular weight is 351 g/mol. The molecule has 0 aromatic heterocycles. The number of rotatable bonds is 4. The Morgan fingerprint density at radius 1 is 1.08 bits per heavy atom. The van der Waals surface area contributed by atoms with E-state index in [2.05, 4.69) is 5.32 Å². The summed E-state index contributed by atoms with van der Waals surface area (Å²) in [5, 5.41) is 3.24. The van der Waals surface area contributed by atoms with Crippen LogP contribution in [0.3, 0.4) is 0 Å². The number of benzene rings is 1. The van der Waals surface area contributed by atoms with Crippen molar-refractivity contribution in [2.45, 2.75) is 42.7 Å². The van der Waals surface area contributed by atoms with E-state index in [1.54, 1.807) is 30.3 Å². The van der Waals surface area contributed by atoms with Crippen LogP contribution in [0.25, 0.3) is 0 Å². The van der Waals surface area contributed by atoms with Gasteiger partial charge in [-0.25, -0.2) is 8.42 Å². The molecule has 0 radical (unpaired) electrons. The molecule has 1 aromatic rings. The van der Waals surface area contributed by atoms with Crippen molar-refractivity contribution < 1.29 is 13.2 Å². The third kappa shape index (κ3) is 3.34. The maximum atomic E-state index is 12.9. The summed E-state index contributed by atoms with van der Waals surface area (Å²) in [4.78, 5) is 15.0. The summed E-state index contributed by atoms with van der Waals surface area (Å²) in [7, 11) is -1.68. The monoisotopic (exact) mass is 351 g/mol. The highest BCUT2D eigenvalue weighted by Crippen LogP contribution is 2.28. The minimum atomic E-state index is -3.61. The van der Waals surface area contributed by atoms with Gasteiger partial charge < -0.3 is 10.2 Å². The number of amides is 1. The molecule has 0 saturated carbocycles. The molecule has 0 bridgehead atoms.